The second kappa shape index (κ2) is 4.65. The molecule has 1 nitrogen and oxygen atoms in total. The Morgan fingerprint density at radius 3 is 2.29 bits per heavy atom. The molecule has 0 spiro atoms. The zero-order valence-corrected chi connectivity index (χ0v) is 9.84. The first kappa shape index (κ1) is 10.5. The van der Waals surface area contributed by atoms with E-state index in [0.717, 1.165) is 17.9 Å². The summed E-state index contributed by atoms with van der Waals surface area (Å²) in [6, 6.07) is 0.973. The molecule has 1 heteroatoms. The highest BCUT2D eigenvalue weighted by Crippen LogP contribution is 2.30. The first-order valence-electron chi connectivity index (χ1n) is 6.51. The summed E-state index contributed by atoms with van der Waals surface area (Å²) >= 11 is 0. The van der Waals surface area contributed by atoms with Crippen molar-refractivity contribution >= 4 is 0 Å². The maximum absolute atomic E-state index is 2.77. The molecule has 1 heterocycles. The minimum Gasteiger partial charge on any atom is -0.300 e. The molecule has 0 aromatic heterocycles. The molecule has 1 unspecified atom stereocenters. The Bertz CT molecular complexity index is 172. The summed E-state index contributed by atoms with van der Waals surface area (Å²) in [6.07, 6.45) is 8.81. The minimum absolute atomic E-state index is 0.899. The molecule has 2 fully saturated rings. The Morgan fingerprint density at radius 2 is 1.71 bits per heavy atom. The van der Waals surface area contributed by atoms with Gasteiger partial charge in [-0.05, 0) is 57.0 Å². The highest BCUT2D eigenvalue weighted by Gasteiger charge is 2.27. The molecule has 1 saturated carbocycles. The van der Waals surface area contributed by atoms with Gasteiger partial charge in [0, 0.05) is 6.04 Å². The molecule has 14 heavy (non-hydrogen) atoms. The molecule has 1 atom stereocenters. The van der Waals surface area contributed by atoms with Crippen LogP contribution < -0.4 is 0 Å². The Morgan fingerprint density at radius 1 is 0.929 bits per heavy atom. The van der Waals surface area contributed by atoms with Gasteiger partial charge >= 0.3 is 0 Å². The molecule has 1 aliphatic heterocycles. The lowest BCUT2D eigenvalue weighted by molar-refractivity contribution is 0.129. The van der Waals surface area contributed by atoms with Gasteiger partial charge < -0.3 is 4.90 Å². The monoisotopic (exact) mass is 195 g/mol. The summed E-state index contributed by atoms with van der Waals surface area (Å²) in [5, 5.41) is 0. The van der Waals surface area contributed by atoms with E-state index in [1.54, 1.807) is 0 Å². The van der Waals surface area contributed by atoms with E-state index >= 15 is 0 Å². The smallest absolute Gasteiger partial charge is 0.00952 e. The van der Waals surface area contributed by atoms with Crippen LogP contribution >= 0.6 is 0 Å². The fourth-order valence-corrected chi connectivity index (χ4v) is 2.93. The zero-order chi connectivity index (χ0) is 9.97. The molecule has 0 bridgehead atoms. The topological polar surface area (TPSA) is 3.24 Å². The van der Waals surface area contributed by atoms with Crippen molar-refractivity contribution in [2.24, 2.45) is 11.8 Å². The minimum atomic E-state index is 0.899. The van der Waals surface area contributed by atoms with Crippen LogP contribution in [0.5, 0.6) is 0 Å². The quantitative estimate of drug-likeness (QED) is 0.653. The van der Waals surface area contributed by atoms with Crippen molar-refractivity contribution < 1.29 is 0 Å². The van der Waals surface area contributed by atoms with E-state index in [1.807, 2.05) is 0 Å². The van der Waals surface area contributed by atoms with Gasteiger partial charge in [-0.1, -0.05) is 20.3 Å². The van der Waals surface area contributed by atoms with Gasteiger partial charge in [0.2, 0.25) is 0 Å². The Labute approximate surface area is 88.9 Å². The third kappa shape index (κ3) is 2.31. The largest absolute Gasteiger partial charge is 0.300 e. The average molecular weight is 195 g/mol. The maximum Gasteiger partial charge on any atom is 0.00952 e. The molecule has 0 aromatic rings. The fraction of sp³-hybridized carbons (Fsp3) is 1.00. The van der Waals surface area contributed by atoms with Crippen molar-refractivity contribution in [1.82, 2.24) is 4.90 Å². The highest BCUT2D eigenvalue weighted by atomic mass is 15.2. The van der Waals surface area contributed by atoms with Crippen LogP contribution in [-0.2, 0) is 0 Å². The molecule has 0 aromatic carbocycles. The molecule has 0 N–H and O–H groups in total. The molecular weight excluding hydrogens is 170 g/mol. The van der Waals surface area contributed by atoms with Crippen LogP contribution in [0.4, 0.5) is 0 Å². The summed E-state index contributed by atoms with van der Waals surface area (Å²) < 4.78 is 0. The SMILES string of the molecule is CC(C)C1CCCN(C2CCC2)CC1. The van der Waals surface area contributed by atoms with Crippen molar-refractivity contribution in [2.45, 2.75) is 58.4 Å². The molecule has 82 valence electrons. The number of nitrogens with zero attached hydrogens (tertiary/aromatic N) is 1. The Hall–Kier alpha value is -0.0400. The first-order valence-corrected chi connectivity index (χ1v) is 6.51. The van der Waals surface area contributed by atoms with Crippen molar-refractivity contribution in [2.75, 3.05) is 13.1 Å². The summed E-state index contributed by atoms with van der Waals surface area (Å²) in [5.41, 5.74) is 0. The van der Waals surface area contributed by atoms with E-state index < -0.39 is 0 Å². The second-order valence-corrected chi connectivity index (χ2v) is 5.56. The van der Waals surface area contributed by atoms with Crippen molar-refractivity contribution in [3.05, 3.63) is 0 Å². The van der Waals surface area contributed by atoms with Crippen molar-refractivity contribution in [1.29, 1.82) is 0 Å². The van der Waals surface area contributed by atoms with Gasteiger partial charge in [-0.15, -0.1) is 0 Å². The number of rotatable bonds is 2. The van der Waals surface area contributed by atoms with Gasteiger partial charge in [-0.2, -0.15) is 0 Å². The van der Waals surface area contributed by atoms with E-state index in [1.165, 1.54) is 51.6 Å². The summed E-state index contributed by atoms with van der Waals surface area (Å²) in [5.74, 6) is 1.90. The van der Waals surface area contributed by atoms with Gasteiger partial charge in [0.1, 0.15) is 0 Å². The summed E-state index contributed by atoms with van der Waals surface area (Å²) in [6.45, 7) is 7.55. The first-order chi connectivity index (χ1) is 6.77. The van der Waals surface area contributed by atoms with E-state index in [0.29, 0.717) is 0 Å². The van der Waals surface area contributed by atoms with E-state index in [2.05, 4.69) is 18.7 Å². The normalized spacial score (nSPS) is 31.5. The molecule has 2 aliphatic rings. The third-order valence-electron chi connectivity index (χ3n) is 4.34. The zero-order valence-electron chi connectivity index (χ0n) is 9.84. The fourth-order valence-electron chi connectivity index (χ4n) is 2.93. The molecular formula is C13H25N. The lowest BCUT2D eigenvalue weighted by Crippen LogP contribution is -2.40. The van der Waals surface area contributed by atoms with Gasteiger partial charge in [0.15, 0.2) is 0 Å². The van der Waals surface area contributed by atoms with E-state index in [9.17, 15) is 0 Å². The third-order valence-corrected chi connectivity index (χ3v) is 4.34. The van der Waals surface area contributed by atoms with E-state index in [4.69, 9.17) is 0 Å². The molecule has 1 aliphatic carbocycles. The average Bonchev–Trinajstić information content (AvgIpc) is 2.26. The van der Waals surface area contributed by atoms with Gasteiger partial charge in [-0.25, -0.2) is 0 Å². The van der Waals surface area contributed by atoms with Crippen molar-refractivity contribution in [3.8, 4) is 0 Å². The predicted molar refractivity (Wildman–Crippen MR) is 61.4 cm³/mol. The second-order valence-electron chi connectivity index (χ2n) is 5.56. The standard InChI is InChI=1S/C13H25N/c1-11(2)12-5-4-9-14(10-8-12)13-6-3-7-13/h11-13H,3-10H2,1-2H3. The lowest BCUT2D eigenvalue weighted by atomic mass is 9.89. The van der Waals surface area contributed by atoms with Gasteiger partial charge in [0.05, 0.1) is 0 Å². The Balaban J connectivity index is 1.81. The van der Waals surface area contributed by atoms with Gasteiger partial charge in [-0.3, -0.25) is 0 Å². The van der Waals surface area contributed by atoms with Crippen LogP contribution in [0.2, 0.25) is 0 Å². The molecule has 2 rings (SSSR count). The molecule has 0 radical (unpaired) electrons. The Kier molecular flexibility index (Phi) is 3.48. The maximum atomic E-state index is 2.77. The predicted octanol–water partition coefficient (Wildman–Crippen LogP) is 3.30. The van der Waals surface area contributed by atoms with Crippen molar-refractivity contribution in [3.63, 3.8) is 0 Å². The van der Waals surface area contributed by atoms with Crippen LogP contribution in [0.25, 0.3) is 0 Å². The highest BCUT2D eigenvalue weighted by molar-refractivity contribution is 4.82. The van der Waals surface area contributed by atoms with Gasteiger partial charge in [0.25, 0.3) is 0 Å². The van der Waals surface area contributed by atoms with Crippen LogP contribution in [-0.4, -0.2) is 24.0 Å². The van der Waals surface area contributed by atoms with Crippen LogP contribution in [0.1, 0.15) is 52.4 Å². The summed E-state index contributed by atoms with van der Waals surface area (Å²) in [4.78, 5) is 2.77. The van der Waals surface area contributed by atoms with Crippen LogP contribution in [0.3, 0.4) is 0 Å². The number of likely N-dealkylation sites (tertiary alicyclic amines) is 1. The van der Waals surface area contributed by atoms with Crippen LogP contribution in [0.15, 0.2) is 0 Å². The summed E-state index contributed by atoms with van der Waals surface area (Å²) in [7, 11) is 0. The molecule has 0 amide bonds. The van der Waals surface area contributed by atoms with Crippen LogP contribution in [0, 0.1) is 11.8 Å². The number of hydrogen-bond acceptors (Lipinski definition) is 1. The molecule has 1 saturated heterocycles. The lowest BCUT2D eigenvalue weighted by Gasteiger charge is -2.37. The number of hydrogen-bond donors (Lipinski definition) is 0. The van der Waals surface area contributed by atoms with E-state index in [-0.39, 0.29) is 0 Å².